The molecular formula is C13H16O3. The highest BCUT2D eigenvalue weighted by molar-refractivity contribution is 5.13. The fourth-order valence-corrected chi connectivity index (χ4v) is 2.33. The van der Waals surface area contributed by atoms with Gasteiger partial charge in [0.2, 0.25) is 0 Å². The number of rotatable bonds is 3. The third-order valence-electron chi connectivity index (χ3n) is 3.36. The molecule has 2 aliphatic rings. The number of benzene rings is 1. The highest BCUT2D eigenvalue weighted by Gasteiger charge is 2.48. The Kier molecular flexibility index (Phi) is 2.67. The van der Waals surface area contributed by atoms with E-state index < -0.39 is 0 Å². The number of ether oxygens (including phenoxy) is 2. The van der Waals surface area contributed by atoms with Crippen LogP contribution in [0.4, 0.5) is 0 Å². The fraction of sp³-hybridized carbons (Fsp3) is 0.538. The van der Waals surface area contributed by atoms with Gasteiger partial charge in [-0.05, 0) is 5.56 Å². The van der Waals surface area contributed by atoms with Crippen molar-refractivity contribution in [3.8, 4) is 0 Å². The van der Waals surface area contributed by atoms with Gasteiger partial charge in [-0.2, -0.15) is 0 Å². The second-order valence-electron chi connectivity index (χ2n) is 4.59. The summed E-state index contributed by atoms with van der Waals surface area (Å²) < 4.78 is 11.1. The van der Waals surface area contributed by atoms with E-state index in [2.05, 4.69) is 0 Å². The molecule has 2 fully saturated rings. The second-order valence-corrected chi connectivity index (χ2v) is 4.59. The SMILES string of the molecule is O[C@H]1C[C@H]2O[C@H]2C[C@H]1OCc1ccccc1. The molecule has 86 valence electrons. The smallest absolute Gasteiger partial charge is 0.0868 e. The maximum absolute atomic E-state index is 9.84. The quantitative estimate of drug-likeness (QED) is 0.785. The van der Waals surface area contributed by atoms with Crippen molar-refractivity contribution < 1.29 is 14.6 Å². The van der Waals surface area contributed by atoms with Crippen LogP contribution in [0.1, 0.15) is 18.4 Å². The molecule has 1 aromatic rings. The van der Waals surface area contributed by atoms with Gasteiger partial charge in [0.15, 0.2) is 0 Å². The van der Waals surface area contributed by atoms with Gasteiger partial charge in [-0.15, -0.1) is 0 Å². The largest absolute Gasteiger partial charge is 0.390 e. The predicted molar refractivity (Wildman–Crippen MR) is 58.9 cm³/mol. The minimum Gasteiger partial charge on any atom is -0.390 e. The molecule has 0 radical (unpaired) electrons. The van der Waals surface area contributed by atoms with E-state index in [0.29, 0.717) is 18.8 Å². The molecule has 1 N–H and O–H groups in total. The lowest BCUT2D eigenvalue weighted by Crippen LogP contribution is -2.35. The van der Waals surface area contributed by atoms with Crippen LogP contribution in [0.5, 0.6) is 0 Å². The molecule has 4 atom stereocenters. The van der Waals surface area contributed by atoms with E-state index in [0.717, 1.165) is 18.4 Å². The van der Waals surface area contributed by atoms with E-state index in [-0.39, 0.29) is 12.2 Å². The summed E-state index contributed by atoms with van der Waals surface area (Å²) in [7, 11) is 0. The Balaban J connectivity index is 1.54. The van der Waals surface area contributed by atoms with Crippen LogP contribution in [0.2, 0.25) is 0 Å². The molecule has 0 amide bonds. The molecule has 16 heavy (non-hydrogen) atoms. The van der Waals surface area contributed by atoms with E-state index in [9.17, 15) is 5.11 Å². The summed E-state index contributed by atoms with van der Waals surface area (Å²) in [6.45, 7) is 0.569. The molecule has 1 saturated carbocycles. The molecule has 0 spiro atoms. The molecule has 1 heterocycles. The van der Waals surface area contributed by atoms with Crippen LogP contribution in [0.15, 0.2) is 30.3 Å². The standard InChI is InChI=1S/C13H16O3/c14-10-6-12-13(16-12)7-11(10)15-8-9-4-2-1-3-5-9/h1-5,10-14H,6-8H2/t10-,11+,12+,13-/m0/s1. The first-order valence-electron chi connectivity index (χ1n) is 5.82. The van der Waals surface area contributed by atoms with Gasteiger partial charge in [-0.1, -0.05) is 30.3 Å². The lowest BCUT2D eigenvalue weighted by molar-refractivity contribution is -0.0599. The first-order valence-corrected chi connectivity index (χ1v) is 5.82. The number of aliphatic hydroxyl groups is 1. The number of epoxide rings is 1. The zero-order chi connectivity index (χ0) is 11.0. The van der Waals surface area contributed by atoms with Crippen LogP contribution in [0.25, 0.3) is 0 Å². The summed E-state index contributed by atoms with van der Waals surface area (Å²) in [5.74, 6) is 0. The van der Waals surface area contributed by atoms with Crippen molar-refractivity contribution in [2.45, 2.75) is 43.9 Å². The van der Waals surface area contributed by atoms with Crippen LogP contribution >= 0.6 is 0 Å². The Morgan fingerprint density at radius 1 is 1.19 bits per heavy atom. The van der Waals surface area contributed by atoms with Crippen molar-refractivity contribution in [2.24, 2.45) is 0 Å². The highest BCUT2D eigenvalue weighted by atomic mass is 16.6. The highest BCUT2D eigenvalue weighted by Crippen LogP contribution is 2.37. The van der Waals surface area contributed by atoms with Gasteiger partial charge in [-0.3, -0.25) is 0 Å². The van der Waals surface area contributed by atoms with Gasteiger partial charge in [-0.25, -0.2) is 0 Å². The van der Waals surface area contributed by atoms with E-state index in [1.54, 1.807) is 0 Å². The zero-order valence-corrected chi connectivity index (χ0v) is 9.08. The Hall–Kier alpha value is -0.900. The summed E-state index contributed by atoms with van der Waals surface area (Å²) >= 11 is 0. The van der Waals surface area contributed by atoms with Crippen LogP contribution in [0, 0.1) is 0 Å². The Bertz CT molecular complexity index is 351. The second kappa shape index (κ2) is 4.17. The van der Waals surface area contributed by atoms with Crippen molar-refractivity contribution in [1.29, 1.82) is 0 Å². The van der Waals surface area contributed by atoms with E-state index >= 15 is 0 Å². The molecule has 3 rings (SSSR count). The molecule has 0 unspecified atom stereocenters. The topological polar surface area (TPSA) is 42.0 Å². The monoisotopic (exact) mass is 220 g/mol. The molecule has 3 heteroatoms. The van der Waals surface area contributed by atoms with Gasteiger partial charge in [0, 0.05) is 12.8 Å². The molecule has 3 nitrogen and oxygen atoms in total. The van der Waals surface area contributed by atoms with Gasteiger partial charge in [0.05, 0.1) is 31.0 Å². The fourth-order valence-electron chi connectivity index (χ4n) is 2.33. The number of hydrogen-bond acceptors (Lipinski definition) is 3. The Morgan fingerprint density at radius 3 is 2.75 bits per heavy atom. The summed E-state index contributed by atoms with van der Waals surface area (Å²) in [6, 6.07) is 10.0. The maximum Gasteiger partial charge on any atom is 0.0868 e. The Morgan fingerprint density at radius 2 is 1.94 bits per heavy atom. The molecule has 1 aliphatic heterocycles. The molecule has 0 bridgehead atoms. The summed E-state index contributed by atoms with van der Waals surface area (Å²) in [6.07, 6.45) is 1.76. The molecule has 0 aromatic heterocycles. The first-order chi connectivity index (χ1) is 7.83. The normalized spacial score (nSPS) is 36.8. The average Bonchev–Trinajstić information content (AvgIpc) is 3.05. The molecule has 1 saturated heterocycles. The summed E-state index contributed by atoms with van der Waals surface area (Å²) in [4.78, 5) is 0. The number of hydrogen-bond donors (Lipinski definition) is 1. The van der Waals surface area contributed by atoms with E-state index in [1.807, 2.05) is 30.3 Å². The van der Waals surface area contributed by atoms with Gasteiger partial charge in [0.25, 0.3) is 0 Å². The first kappa shape index (κ1) is 10.3. The van der Waals surface area contributed by atoms with Gasteiger partial charge >= 0.3 is 0 Å². The van der Waals surface area contributed by atoms with Gasteiger partial charge < -0.3 is 14.6 Å². The number of aliphatic hydroxyl groups excluding tert-OH is 1. The molecule has 1 aromatic carbocycles. The minimum absolute atomic E-state index is 0.0658. The Labute approximate surface area is 95.0 Å². The van der Waals surface area contributed by atoms with Crippen LogP contribution < -0.4 is 0 Å². The molecule has 1 aliphatic carbocycles. The third kappa shape index (κ3) is 2.12. The molecular weight excluding hydrogens is 204 g/mol. The van der Waals surface area contributed by atoms with Crippen LogP contribution in [-0.2, 0) is 16.1 Å². The van der Waals surface area contributed by atoms with E-state index in [1.165, 1.54) is 0 Å². The average molecular weight is 220 g/mol. The zero-order valence-electron chi connectivity index (χ0n) is 9.08. The maximum atomic E-state index is 9.84. The third-order valence-corrected chi connectivity index (χ3v) is 3.36. The summed E-state index contributed by atoms with van der Waals surface area (Å²) in [5.41, 5.74) is 1.15. The lowest BCUT2D eigenvalue weighted by Gasteiger charge is -2.25. The van der Waals surface area contributed by atoms with Crippen molar-refractivity contribution in [3.63, 3.8) is 0 Å². The van der Waals surface area contributed by atoms with E-state index in [4.69, 9.17) is 9.47 Å². The van der Waals surface area contributed by atoms with Crippen LogP contribution in [-0.4, -0.2) is 29.5 Å². The van der Waals surface area contributed by atoms with Crippen molar-refractivity contribution in [1.82, 2.24) is 0 Å². The van der Waals surface area contributed by atoms with Crippen LogP contribution in [0.3, 0.4) is 0 Å². The van der Waals surface area contributed by atoms with Crippen molar-refractivity contribution in [3.05, 3.63) is 35.9 Å². The lowest BCUT2D eigenvalue weighted by atomic mass is 9.95. The predicted octanol–water partition coefficient (Wildman–Crippen LogP) is 1.49. The van der Waals surface area contributed by atoms with Gasteiger partial charge in [0.1, 0.15) is 0 Å². The van der Waals surface area contributed by atoms with Crippen molar-refractivity contribution >= 4 is 0 Å². The summed E-state index contributed by atoms with van der Waals surface area (Å²) in [5, 5.41) is 9.84. The number of fused-ring (bicyclic) bond motifs is 1. The van der Waals surface area contributed by atoms with Crippen molar-refractivity contribution in [2.75, 3.05) is 0 Å². The minimum atomic E-state index is -0.368.